The first-order chi connectivity index (χ1) is 14.3. The molecule has 1 saturated heterocycles. The number of benzene rings is 1. The minimum absolute atomic E-state index is 0.118. The van der Waals surface area contributed by atoms with Crippen molar-refractivity contribution in [2.45, 2.75) is 32.2 Å². The van der Waals surface area contributed by atoms with E-state index in [-0.39, 0.29) is 49.3 Å². The van der Waals surface area contributed by atoms with Crippen LogP contribution in [0.5, 0.6) is 0 Å². The number of thiophene rings is 1. The molecule has 2 aromatic rings. The predicted octanol–water partition coefficient (Wildman–Crippen LogP) is 1.89. The Hall–Kier alpha value is -2.72. The normalized spacial score (nSPS) is 14.6. The largest absolute Gasteiger partial charge is 0.351 e. The lowest BCUT2D eigenvalue weighted by Gasteiger charge is -2.24. The highest BCUT2D eigenvalue weighted by atomic mass is 32.2. The van der Waals surface area contributed by atoms with E-state index in [1.807, 2.05) is 17.5 Å². The highest BCUT2D eigenvalue weighted by molar-refractivity contribution is 7.92. The van der Waals surface area contributed by atoms with Gasteiger partial charge in [-0.15, -0.1) is 11.3 Å². The quantitative estimate of drug-likeness (QED) is 0.568. The zero-order chi connectivity index (χ0) is 21.6. The summed E-state index contributed by atoms with van der Waals surface area (Å²) in [5, 5.41) is 4.79. The number of anilines is 1. The molecule has 1 aliphatic rings. The molecule has 1 aliphatic heterocycles. The van der Waals surface area contributed by atoms with E-state index in [0.29, 0.717) is 18.7 Å². The monoisotopic (exact) mass is 449 g/mol. The van der Waals surface area contributed by atoms with Crippen molar-refractivity contribution in [1.82, 2.24) is 10.2 Å². The van der Waals surface area contributed by atoms with Crippen molar-refractivity contribution in [3.05, 3.63) is 52.2 Å². The first kappa shape index (κ1) is 22.0. The Labute approximate surface area is 179 Å². The fraction of sp³-hybridized carbons (Fsp3) is 0.350. The highest BCUT2D eigenvalue weighted by Crippen LogP contribution is 2.15. The lowest BCUT2D eigenvalue weighted by atomic mass is 10.1. The van der Waals surface area contributed by atoms with E-state index in [2.05, 4.69) is 10.0 Å². The summed E-state index contributed by atoms with van der Waals surface area (Å²) in [6.45, 7) is 0.325. The van der Waals surface area contributed by atoms with Gasteiger partial charge in [-0.05, 0) is 35.6 Å². The van der Waals surface area contributed by atoms with Crippen LogP contribution < -0.4 is 10.0 Å². The van der Waals surface area contributed by atoms with Gasteiger partial charge in [0, 0.05) is 30.0 Å². The average molecular weight is 450 g/mol. The molecule has 0 saturated carbocycles. The molecule has 10 heteroatoms. The second kappa shape index (κ2) is 9.86. The van der Waals surface area contributed by atoms with Crippen LogP contribution in [0, 0.1) is 0 Å². The molecule has 8 nitrogen and oxygen atoms in total. The molecule has 1 fully saturated rings. The molecule has 3 amide bonds. The fourth-order valence-corrected chi connectivity index (χ4v) is 4.69. The van der Waals surface area contributed by atoms with Crippen LogP contribution in [0.4, 0.5) is 5.69 Å². The summed E-state index contributed by atoms with van der Waals surface area (Å²) in [7, 11) is -3.72. The average Bonchev–Trinajstić information content (AvgIpc) is 3.21. The van der Waals surface area contributed by atoms with Crippen molar-refractivity contribution in [2.75, 3.05) is 17.0 Å². The van der Waals surface area contributed by atoms with Crippen LogP contribution >= 0.6 is 11.3 Å². The molecular weight excluding hydrogens is 426 g/mol. The lowest BCUT2D eigenvalue weighted by Crippen LogP contribution is -2.43. The van der Waals surface area contributed by atoms with Crippen LogP contribution in [0.3, 0.4) is 0 Å². The molecular formula is C20H23N3O5S2. The third-order valence-corrected chi connectivity index (χ3v) is 6.74. The van der Waals surface area contributed by atoms with Crippen LogP contribution in [0.15, 0.2) is 41.8 Å². The van der Waals surface area contributed by atoms with E-state index in [9.17, 15) is 22.8 Å². The Balaban J connectivity index is 1.48. The van der Waals surface area contributed by atoms with Gasteiger partial charge in [-0.2, -0.15) is 0 Å². The van der Waals surface area contributed by atoms with Crippen molar-refractivity contribution >= 4 is 44.8 Å². The number of imide groups is 1. The van der Waals surface area contributed by atoms with Crippen LogP contribution in [-0.2, 0) is 37.4 Å². The van der Waals surface area contributed by atoms with Crippen molar-refractivity contribution in [3.8, 4) is 0 Å². The predicted molar refractivity (Wildman–Crippen MR) is 114 cm³/mol. The molecule has 0 radical (unpaired) electrons. The van der Waals surface area contributed by atoms with E-state index in [0.717, 1.165) is 15.3 Å². The Morgan fingerprint density at radius 1 is 1.07 bits per heavy atom. The second-order valence-corrected chi connectivity index (χ2v) is 9.82. The molecule has 3 rings (SSSR count). The van der Waals surface area contributed by atoms with E-state index < -0.39 is 10.0 Å². The van der Waals surface area contributed by atoms with Crippen molar-refractivity contribution < 1.29 is 22.8 Å². The molecule has 0 unspecified atom stereocenters. The molecule has 1 aromatic heterocycles. The zero-order valence-corrected chi connectivity index (χ0v) is 17.9. The molecule has 0 bridgehead atoms. The maximum absolute atomic E-state index is 12.3. The summed E-state index contributed by atoms with van der Waals surface area (Å²) in [4.78, 5) is 37.7. The lowest BCUT2D eigenvalue weighted by molar-refractivity contribution is -0.147. The second-order valence-electron chi connectivity index (χ2n) is 6.94. The molecule has 0 aliphatic carbocycles. The van der Waals surface area contributed by atoms with E-state index >= 15 is 0 Å². The molecule has 160 valence electrons. The summed E-state index contributed by atoms with van der Waals surface area (Å²) in [6, 6.07) is 10.4. The molecule has 0 atom stereocenters. The smallest absolute Gasteiger partial charge is 0.234 e. The fourth-order valence-electron chi connectivity index (χ4n) is 3.03. The number of piperidine rings is 1. The van der Waals surface area contributed by atoms with Gasteiger partial charge in [0.15, 0.2) is 0 Å². The Morgan fingerprint density at radius 3 is 2.40 bits per heavy atom. The van der Waals surface area contributed by atoms with Gasteiger partial charge in [0.05, 0.1) is 18.7 Å². The standard InChI is InChI=1S/C20H23N3O5S2/c24-18(21-14-17-3-2-11-29-17)13-15-6-8-16(9-7-15)22-30(27,28)12-10-23-19(25)4-1-5-20(23)26/h2-3,6-9,11,22H,1,4-5,10,12-14H2,(H,21,24). The van der Waals surface area contributed by atoms with Gasteiger partial charge < -0.3 is 5.32 Å². The van der Waals surface area contributed by atoms with E-state index in [1.165, 1.54) is 0 Å². The Morgan fingerprint density at radius 2 is 1.77 bits per heavy atom. The number of nitrogens with zero attached hydrogens (tertiary/aromatic N) is 1. The Bertz CT molecular complexity index is 986. The van der Waals surface area contributed by atoms with Crippen LogP contribution in [0.25, 0.3) is 0 Å². The number of sulfonamides is 1. The van der Waals surface area contributed by atoms with Gasteiger partial charge in [0.1, 0.15) is 0 Å². The van der Waals surface area contributed by atoms with Crippen molar-refractivity contribution in [2.24, 2.45) is 0 Å². The molecule has 1 aromatic carbocycles. The summed E-state index contributed by atoms with van der Waals surface area (Å²) in [5.74, 6) is -1.14. The first-order valence-electron chi connectivity index (χ1n) is 9.54. The van der Waals surface area contributed by atoms with Gasteiger partial charge in [-0.1, -0.05) is 18.2 Å². The minimum atomic E-state index is -3.72. The third kappa shape index (κ3) is 6.39. The third-order valence-electron chi connectivity index (χ3n) is 4.60. The van der Waals surface area contributed by atoms with Crippen LogP contribution in [0.1, 0.15) is 29.7 Å². The van der Waals surface area contributed by atoms with Crippen LogP contribution in [-0.4, -0.2) is 43.3 Å². The Kier molecular flexibility index (Phi) is 7.22. The summed E-state index contributed by atoms with van der Waals surface area (Å²) >= 11 is 1.57. The summed E-state index contributed by atoms with van der Waals surface area (Å²) in [5.41, 5.74) is 1.11. The van der Waals surface area contributed by atoms with E-state index in [4.69, 9.17) is 0 Å². The molecule has 2 N–H and O–H groups in total. The number of likely N-dealkylation sites (tertiary alicyclic amines) is 1. The SMILES string of the molecule is O=C(Cc1ccc(NS(=O)(=O)CCN2C(=O)CCCC2=O)cc1)NCc1cccs1. The first-order valence-corrected chi connectivity index (χ1v) is 12.1. The van der Waals surface area contributed by atoms with Gasteiger partial charge in [-0.3, -0.25) is 24.0 Å². The summed E-state index contributed by atoms with van der Waals surface area (Å²) in [6.07, 6.45) is 1.23. The molecule has 2 heterocycles. The summed E-state index contributed by atoms with van der Waals surface area (Å²) < 4.78 is 27.0. The number of carbonyl (C=O) groups excluding carboxylic acids is 3. The molecule has 0 spiro atoms. The topological polar surface area (TPSA) is 113 Å². The zero-order valence-electron chi connectivity index (χ0n) is 16.3. The number of hydrogen-bond donors (Lipinski definition) is 2. The van der Waals surface area contributed by atoms with Crippen molar-refractivity contribution in [1.29, 1.82) is 0 Å². The van der Waals surface area contributed by atoms with Gasteiger partial charge in [0.25, 0.3) is 0 Å². The number of rotatable bonds is 9. The number of amides is 3. The maximum Gasteiger partial charge on any atom is 0.234 e. The molecule has 30 heavy (non-hydrogen) atoms. The van der Waals surface area contributed by atoms with Gasteiger partial charge in [-0.25, -0.2) is 8.42 Å². The van der Waals surface area contributed by atoms with Crippen LogP contribution in [0.2, 0.25) is 0 Å². The number of nitrogens with one attached hydrogen (secondary N) is 2. The van der Waals surface area contributed by atoms with E-state index in [1.54, 1.807) is 35.6 Å². The van der Waals surface area contributed by atoms with Gasteiger partial charge >= 0.3 is 0 Å². The number of carbonyl (C=O) groups is 3. The number of hydrogen-bond acceptors (Lipinski definition) is 6. The maximum atomic E-state index is 12.3. The van der Waals surface area contributed by atoms with Gasteiger partial charge in [0.2, 0.25) is 27.7 Å². The highest BCUT2D eigenvalue weighted by Gasteiger charge is 2.27. The minimum Gasteiger partial charge on any atom is -0.351 e. The van der Waals surface area contributed by atoms with Crippen molar-refractivity contribution in [3.63, 3.8) is 0 Å².